The van der Waals surface area contributed by atoms with Crippen LogP contribution in [0.5, 0.6) is 0 Å². The van der Waals surface area contributed by atoms with Crippen molar-refractivity contribution in [1.29, 1.82) is 0 Å². The molecule has 1 aromatic carbocycles. The fraction of sp³-hybridized carbons (Fsp3) is 0.412. The Morgan fingerprint density at radius 3 is 2.52 bits per heavy atom. The van der Waals surface area contributed by atoms with Crippen molar-refractivity contribution in [2.75, 3.05) is 6.54 Å². The summed E-state index contributed by atoms with van der Waals surface area (Å²) in [7, 11) is 1.32. The van der Waals surface area contributed by atoms with Gasteiger partial charge in [0.2, 0.25) is 5.60 Å². The van der Waals surface area contributed by atoms with Gasteiger partial charge in [-0.1, -0.05) is 23.2 Å². The number of imidazole rings is 1. The molecule has 6 nitrogen and oxygen atoms in total. The lowest BCUT2D eigenvalue weighted by atomic mass is 9.97. The van der Waals surface area contributed by atoms with Gasteiger partial charge in [0.15, 0.2) is 0 Å². The SMILES string of the molecule is CC(NC(=O)NCCC(O)(c1nccn1C)C(F)(F)F)c1cc(F)c(Cl)cc1Cl. The zero-order valence-corrected chi connectivity index (χ0v) is 16.8. The third-order valence-electron chi connectivity index (χ3n) is 4.29. The Morgan fingerprint density at radius 2 is 1.97 bits per heavy atom. The Kier molecular flexibility index (Phi) is 7.02. The summed E-state index contributed by atoms with van der Waals surface area (Å²) < 4.78 is 54.9. The van der Waals surface area contributed by atoms with Crippen LogP contribution in [0.2, 0.25) is 10.0 Å². The standard InChI is InChI=1S/C17H18Cl2F4N4O2/c1-9(10-7-13(20)12(19)8-11(10)18)26-15(28)25-4-3-16(29,17(21,22)23)14-24-5-6-27(14)2/h5-9,29H,3-4H2,1-2H3,(H2,25,26,28). The molecule has 0 aliphatic carbocycles. The number of benzene rings is 1. The lowest BCUT2D eigenvalue weighted by Crippen LogP contribution is -2.47. The van der Waals surface area contributed by atoms with Crippen molar-refractivity contribution in [2.45, 2.75) is 31.2 Å². The first-order chi connectivity index (χ1) is 13.4. The summed E-state index contributed by atoms with van der Waals surface area (Å²) in [4.78, 5) is 15.6. The monoisotopic (exact) mass is 456 g/mol. The number of hydrogen-bond acceptors (Lipinski definition) is 3. The number of aryl methyl sites for hydroxylation is 1. The first kappa shape index (κ1) is 23.2. The zero-order valence-electron chi connectivity index (χ0n) is 15.3. The van der Waals surface area contributed by atoms with Crippen LogP contribution in [0.1, 0.15) is 30.8 Å². The van der Waals surface area contributed by atoms with Crippen molar-refractivity contribution in [3.63, 3.8) is 0 Å². The number of carbonyl (C=O) groups is 1. The van der Waals surface area contributed by atoms with Crippen LogP contribution in [0, 0.1) is 5.82 Å². The summed E-state index contributed by atoms with van der Waals surface area (Å²) in [6.07, 6.45) is -3.48. The maximum absolute atomic E-state index is 13.6. The fourth-order valence-electron chi connectivity index (χ4n) is 2.70. The Balaban J connectivity index is 2.01. The number of amides is 2. The van der Waals surface area contributed by atoms with Gasteiger partial charge in [-0.15, -0.1) is 0 Å². The van der Waals surface area contributed by atoms with Gasteiger partial charge in [0.1, 0.15) is 11.6 Å². The average molecular weight is 457 g/mol. The molecule has 2 unspecified atom stereocenters. The molecule has 0 radical (unpaired) electrons. The third kappa shape index (κ3) is 5.12. The molecule has 160 valence electrons. The molecule has 12 heteroatoms. The molecule has 29 heavy (non-hydrogen) atoms. The molecule has 1 aromatic heterocycles. The number of urea groups is 1. The number of halogens is 6. The van der Waals surface area contributed by atoms with Gasteiger partial charge in [0, 0.05) is 37.4 Å². The van der Waals surface area contributed by atoms with E-state index in [1.54, 1.807) is 0 Å². The zero-order chi connectivity index (χ0) is 22.0. The lowest BCUT2D eigenvalue weighted by molar-refractivity contribution is -0.272. The van der Waals surface area contributed by atoms with Crippen LogP contribution in [0.25, 0.3) is 0 Å². The molecule has 0 aliphatic heterocycles. The second-order valence-corrected chi connectivity index (χ2v) is 7.19. The van der Waals surface area contributed by atoms with Gasteiger partial charge >= 0.3 is 12.2 Å². The van der Waals surface area contributed by atoms with Crippen LogP contribution >= 0.6 is 23.2 Å². The summed E-state index contributed by atoms with van der Waals surface area (Å²) >= 11 is 11.6. The van der Waals surface area contributed by atoms with Gasteiger partial charge in [-0.05, 0) is 24.6 Å². The van der Waals surface area contributed by atoms with E-state index in [9.17, 15) is 27.5 Å². The predicted octanol–water partition coefficient (Wildman–Crippen LogP) is 4.07. The highest BCUT2D eigenvalue weighted by Gasteiger charge is 2.57. The molecule has 0 spiro atoms. The molecular formula is C17H18Cl2F4N4O2. The van der Waals surface area contributed by atoms with Gasteiger partial charge in [-0.3, -0.25) is 0 Å². The van der Waals surface area contributed by atoms with Crippen LogP contribution in [0.15, 0.2) is 24.5 Å². The quantitative estimate of drug-likeness (QED) is 0.452. The first-order valence-electron chi connectivity index (χ1n) is 8.32. The van der Waals surface area contributed by atoms with E-state index >= 15 is 0 Å². The molecule has 0 bridgehead atoms. The van der Waals surface area contributed by atoms with E-state index in [1.807, 2.05) is 0 Å². The van der Waals surface area contributed by atoms with Crippen LogP contribution in [-0.4, -0.2) is 33.4 Å². The second-order valence-electron chi connectivity index (χ2n) is 6.38. The number of alkyl halides is 3. The van der Waals surface area contributed by atoms with Gasteiger partial charge in [-0.25, -0.2) is 14.2 Å². The molecule has 2 rings (SSSR count). The van der Waals surface area contributed by atoms with Gasteiger partial charge in [0.25, 0.3) is 0 Å². The minimum atomic E-state index is -5.01. The van der Waals surface area contributed by atoms with Gasteiger partial charge in [0.05, 0.1) is 11.1 Å². The highest BCUT2D eigenvalue weighted by Crippen LogP contribution is 2.40. The minimum Gasteiger partial charge on any atom is -0.374 e. The summed E-state index contributed by atoms with van der Waals surface area (Å²) in [5.41, 5.74) is -3.00. The van der Waals surface area contributed by atoms with Crippen molar-refractivity contribution in [3.05, 3.63) is 51.8 Å². The van der Waals surface area contributed by atoms with E-state index in [0.29, 0.717) is 0 Å². The highest BCUT2D eigenvalue weighted by atomic mass is 35.5. The second kappa shape index (κ2) is 8.76. The number of nitrogens with zero attached hydrogens (tertiary/aromatic N) is 2. The van der Waals surface area contributed by atoms with E-state index in [4.69, 9.17) is 23.2 Å². The Labute approximate surface area is 173 Å². The molecule has 2 atom stereocenters. The predicted molar refractivity (Wildman–Crippen MR) is 99.1 cm³/mol. The van der Waals surface area contributed by atoms with Crippen LogP contribution in [0.4, 0.5) is 22.4 Å². The molecule has 1 heterocycles. The minimum absolute atomic E-state index is 0.116. The van der Waals surface area contributed by atoms with Crippen LogP contribution in [0.3, 0.4) is 0 Å². The summed E-state index contributed by atoms with van der Waals surface area (Å²) in [5.74, 6) is -1.32. The molecule has 0 fully saturated rings. The number of carbonyl (C=O) groups excluding carboxylic acids is 1. The van der Waals surface area contributed by atoms with Crippen molar-refractivity contribution in [2.24, 2.45) is 7.05 Å². The fourth-order valence-corrected chi connectivity index (χ4v) is 3.24. The maximum atomic E-state index is 13.6. The molecule has 0 aliphatic rings. The summed E-state index contributed by atoms with van der Waals surface area (Å²) in [6, 6.07) is 0.651. The lowest BCUT2D eigenvalue weighted by Gasteiger charge is -2.30. The van der Waals surface area contributed by atoms with E-state index in [1.165, 1.54) is 26.2 Å². The number of aromatic nitrogens is 2. The Hall–Kier alpha value is -2.04. The first-order valence-corrected chi connectivity index (χ1v) is 9.08. The maximum Gasteiger partial charge on any atom is 0.424 e. The summed E-state index contributed by atoms with van der Waals surface area (Å²) in [6.45, 7) is 0.998. The highest BCUT2D eigenvalue weighted by molar-refractivity contribution is 6.35. The Morgan fingerprint density at radius 1 is 1.31 bits per heavy atom. The molecule has 2 aromatic rings. The van der Waals surface area contributed by atoms with Crippen molar-refractivity contribution >= 4 is 29.2 Å². The molecular weight excluding hydrogens is 439 g/mol. The van der Waals surface area contributed by atoms with Crippen LogP contribution < -0.4 is 10.6 Å². The van der Waals surface area contributed by atoms with Gasteiger partial charge < -0.3 is 20.3 Å². The molecule has 0 saturated carbocycles. The van der Waals surface area contributed by atoms with Crippen molar-refractivity contribution in [1.82, 2.24) is 20.2 Å². The number of rotatable bonds is 6. The summed E-state index contributed by atoms with van der Waals surface area (Å²) in [5, 5.41) is 14.8. The molecule has 2 amide bonds. The van der Waals surface area contributed by atoms with Gasteiger partial charge in [-0.2, -0.15) is 13.2 Å². The number of hydrogen-bond donors (Lipinski definition) is 3. The average Bonchev–Trinajstić information content (AvgIpc) is 3.03. The Bertz CT molecular complexity index is 891. The smallest absolute Gasteiger partial charge is 0.374 e. The topological polar surface area (TPSA) is 79.2 Å². The van der Waals surface area contributed by atoms with E-state index in [0.717, 1.165) is 16.8 Å². The normalized spacial score (nSPS) is 14.9. The largest absolute Gasteiger partial charge is 0.424 e. The van der Waals surface area contributed by atoms with E-state index in [2.05, 4.69) is 15.6 Å². The van der Waals surface area contributed by atoms with Crippen molar-refractivity contribution in [3.8, 4) is 0 Å². The molecule has 0 saturated heterocycles. The molecule has 3 N–H and O–H groups in total. The van der Waals surface area contributed by atoms with E-state index in [-0.39, 0.29) is 15.6 Å². The number of nitrogens with one attached hydrogen (secondary N) is 2. The third-order valence-corrected chi connectivity index (χ3v) is 4.90. The van der Waals surface area contributed by atoms with E-state index < -0.39 is 48.5 Å². The number of aliphatic hydroxyl groups is 1. The van der Waals surface area contributed by atoms with Crippen molar-refractivity contribution < 1.29 is 27.5 Å². The van der Waals surface area contributed by atoms with Crippen LogP contribution in [-0.2, 0) is 12.6 Å².